The second kappa shape index (κ2) is 5.10. The predicted molar refractivity (Wildman–Crippen MR) is 73.3 cm³/mol. The van der Waals surface area contributed by atoms with Crippen LogP contribution in [-0.2, 0) is 0 Å². The quantitative estimate of drug-likeness (QED) is 0.723. The lowest BCUT2D eigenvalue weighted by Crippen LogP contribution is -2.06. The smallest absolute Gasteiger partial charge is 0.181 e. The van der Waals surface area contributed by atoms with Gasteiger partial charge >= 0.3 is 0 Å². The molecule has 0 bridgehead atoms. The Kier molecular flexibility index (Phi) is 4.27. The minimum absolute atomic E-state index is 0.323. The van der Waals surface area contributed by atoms with Gasteiger partial charge in [-0.15, -0.1) is 0 Å². The van der Waals surface area contributed by atoms with E-state index in [1.165, 1.54) is 27.8 Å². The average molecular weight is 236 g/mol. The minimum atomic E-state index is 0.323. The summed E-state index contributed by atoms with van der Waals surface area (Å²) in [7, 11) is 0.409. The number of carbonyl (C=O) groups is 1. The van der Waals surface area contributed by atoms with Crippen LogP contribution < -0.4 is 0 Å². The first kappa shape index (κ1) is 13.4. The first-order valence-corrected chi connectivity index (χ1v) is 6.97. The Balaban J connectivity index is 3.45. The lowest BCUT2D eigenvalue weighted by atomic mass is 9.90. The monoisotopic (exact) mass is 236 g/mol. The fourth-order valence-corrected chi connectivity index (χ4v) is 2.96. The van der Waals surface area contributed by atoms with Crippen LogP contribution in [-0.4, -0.2) is 11.7 Å². The fraction of sp³-hybridized carbons (Fsp3) is 0.500. The van der Waals surface area contributed by atoms with Gasteiger partial charge in [0, 0.05) is 5.56 Å². The Morgan fingerprint density at radius 1 is 0.875 bits per heavy atom. The molecule has 0 aliphatic carbocycles. The fourth-order valence-electron chi connectivity index (χ4n) is 2.09. The van der Waals surface area contributed by atoms with E-state index in [2.05, 4.69) is 41.5 Å². The summed E-state index contributed by atoms with van der Waals surface area (Å²) in [6.45, 7) is 12.6. The van der Waals surface area contributed by atoms with Crippen molar-refractivity contribution in [3.8, 4) is 0 Å². The van der Waals surface area contributed by atoms with E-state index in [0.717, 1.165) is 11.7 Å². The van der Waals surface area contributed by atoms with Gasteiger partial charge in [-0.2, -0.15) is 0 Å². The Morgan fingerprint density at radius 3 is 1.62 bits per heavy atom. The van der Waals surface area contributed by atoms with Crippen molar-refractivity contribution in [2.45, 2.75) is 41.5 Å². The van der Waals surface area contributed by atoms with Crippen molar-refractivity contribution < 1.29 is 4.79 Å². The van der Waals surface area contributed by atoms with Crippen molar-refractivity contribution >= 4 is 14.1 Å². The number of benzene rings is 1. The van der Waals surface area contributed by atoms with Crippen LogP contribution in [0.15, 0.2) is 0 Å². The van der Waals surface area contributed by atoms with Crippen LogP contribution >= 0.6 is 8.58 Å². The molecule has 0 fully saturated rings. The molecule has 16 heavy (non-hydrogen) atoms. The van der Waals surface area contributed by atoms with Gasteiger partial charge in [-0.05, 0) is 77.2 Å². The topological polar surface area (TPSA) is 17.1 Å². The van der Waals surface area contributed by atoms with Gasteiger partial charge in [-0.3, -0.25) is 4.79 Å². The lowest BCUT2D eigenvalue weighted by molar-refractivity contribution is 0.108. The maximum Gasteiger partial charge on any atom is 0.181 e. The van der Waals surface area contributed by atoms with Crippen LogP contribution in [0, 0.1) is 34.6 Å². The standard InChI is InChI=1S/C14H21OP/c1-7-16-14(15)13-11(5)9(3)8(2)10(4)12(13)6/h16H,7H2,1-6H3. The molecule has 0 N–H and O–H groups in total. The van der Waals surface area contributed by atoms with Gasteiger partial charge in [0.25, 0.3) is 0 Å². The van der Waals surface area contributed by atoms with E-state index in [0.29, 0.717) is 14.1 Å². The summed E-state index contributed by atoms with van der Waals surface area (Å²) in [6, 6.07) is 0. The first-order valence-electron chi connectivity index (χ1n) is 5.76. The Morgan fingerprint density at radius 2 is 1.25 bits per heavy atom. The summed E-state index contributed by atoms with van der Waals surface area (Å²) in [4.78, 5) is 12.1. The number of hydrogen-bond acceptors (Lipinski definition) is 1. The van der Waals surface area contributed by atoms with Gasteiger partial charge in [0.1, 0.15) is 0 Å². The van der Waals surface area contributed by atoms with Crippen LogP contribution in [0.1, 0.15) is 45.1 Å². The van der Waals surface area contributed by atoms with Crippen molar-refractivity contribution in [2.75, 3.05) is 6.16 Å². The zero-order valence-corrected chi connectivity index (χ0v) is 12.1. The average Bonchev–Trinajstić information content (AvgIpc) is 2.24. The highest BCUT2D eigenvalue weighted by atomic mass is 31.1. The zero-order chi connectivity index (χ0) is 12.5. The van der Waals surface area contributed by atoms with Crippen LogP contribution in [0.25, 0.3) is 0 Å². The molecule has 1 nitrogen and oxygen atoms in total. The minimum Gasteiger partial charge on any atom is -0.289 e. The molecule has 0 heterocycles. The maximum absolute atomic E-state index is 12.1. The highest BCUT2D eigenvalue weighted by Gasteiger charge is 2.17. The normalized spacial score (nSPS) is 11.4. The first-order chi connectivity index (χ1) is 7.41. The Bertz CT molecular complexity index is 404. The highest BCUT2D eigenvalue weighted by Crippen LogP contribution is 2.30. The van der Waals surface area contributed by atoms with Crippen molar-refractivity contribution in [1.29, 1.82) is 0 Å². The molecule has 0 saturated heterocycles. The van der Waals surface area contributed by atoms with E-state index < -0.39 is 0 Å². The number of carbonyl (C=O) groups excluding carboxylic acids is 1. The zero-order valence-electron chi connectivity index (χ0n) is 11.1. The van der Waals surface area contributed by atoms with Crippen LogP contribution in [0.3, 0.4) is 0 Å². The third-order valence-electron chi connectivity index (χ3n) is 3.56. The number of rotatable bonds is 3. The Hall–Kier alpha value is -0.680. The molecule has 2 heteroatoms. The van der Waals surface area contributed by atoms with E-state index in [1.54, 1.807) is 0 Å². The summed E-state index contributed by atoms with van der Waals surface area (Å²) in [5, 5.41) is 0. The van der Waals surface area contributed by atoms with Crippen molar-refractivity contribution in [3.05, 3.63) is 33.4 Å². The summed E-state index contributed by atoms with van der Waals surface area (Å²) in [5.74, 6) is 0. The summed E-state index contributed by atoms with van der Waals surface area (Å²) < 4.78 is 0. The molecule has 0 amide bonds. The molecular weight excluding hydrogens is 215 g/mol. The molecule has 0 saturated carbocycles. The third-order valence-corrected chi connectivity index (χ3v) is 4.49. The predicted octanol–water partition coefficient (Wildman–Crippen LogP) is 4.07. The number of hydrogen-bond donors (Lipinski definition) is 0. The van der Waals surface area contributed by atoms with Gasteiger partial charge in [0.15, 0.2) is 5.52 Å². The largest absolute Gasteiger partial charge is 0.289 e. The van der Waals surface area contributed by atoms with Crippen LogP contribution in [0.4, 0.5) is 0 Å². The van der Waals surface area contributed by atoms with Gasteiger partial charge in [-0.25, -0.2) is 0 Å². The third kappa shape index (κ3) is 2.20. The molecule has 0 spiro atoms. The summed E-state index contributed by atoms with van der Waals surface area (Å²) >= 11 is 0. The lowest BCUT2D eigenvalue weighted by Gasteiger charge is -2.17. The second-order valence-corrected chi connectivity index (χ2v) is 5.87. The molecule has 0 aromatic heterocycles. The molecule has 1 aromatic carbocycles. The SMILES string of the molecule is CCPC(=O)c1c(C)c(C)c(C)c(C)c1C. The van der Waals surface area contributed by atoms with Crippen molar-refractivity contribution in [1.82, 2.24) is 0 Å². The maximum atomic E-state index is 12.1. The molecule has 0 aliphatic rings. The molecular formula is C14H21OP. The molecule has 1 aromatic rings. The second-order valence-electron chi connectivity index (χ2n) is 4.36. The van der Waals surface area contributed by atoms with Crippen molar-refractivity contribution in [3.63, 3.8) is 0 Å². The van der Waals surface area contributed by atoms with E-state index >= 15 is 0 Å². The van der Waals surface area contributed by atoms with Gasteiger partial charge in [0.2, 0.25) is 0 Å². The van der Waals surface area contributed by atoms with Gasteiger partial charge in [-0.1, -0.05) is 6.92 Å². The molecule has 88 valence electrons. The summed E-state index contributed by atoms with van der Waals surface area (Å²) in [6.07, 6.45) is 0.948. The molecule has 1 unspecified atom stereocenters. The van der Waals surface area contributed by atoms with Gasteiger partial charge in [0.05, 0.1) is 0 Å². The van der Waals surface area contributed by atoms with Crippen LogP contribution in [0.2, 0.25) is 0 Å². The molecule has 1 rings (SSSR count). The molecule has 1 atom stereocenters. The van der Waals surface area contributed by atoms with E-state index in [9.17, 15) is 4.79 Å². The van der Waals surface area contributed by atoms with Crippen LogP contribution in [0.5, 0.6) is 0 Å². The van der Waals surface area contributed by atoms with Crippen molar-refractivity contribution in [2.24, 2.45) is 0 Å². The van der Waals surface area contributed by atoms with Gasteiger partial charge < -0.3 is 0 Å². The van der Waals surface area contributed by atoms with E-state index in [1.807, 2.05) is 0 Å². The summed E-state index contributed by atoms with van der Waals surface area (Å²) in [5.41, 5.74) is 7.51. The Labute approximate surface area is 100 Å². The molecule has 0 aliphatic heterocycles. The highest BCUT2D eigenvalue weighted by molar-refractivity contribution is 7.58. The van der Waals surface area contributed by atoms with E-state index in [-0.39, 0.29) is 0 Å². The molecule has 0 radical (unpaired) electrons. The van der Waals surface area contributed by atoms with E-state index in [4.69, 9.17) is 0 Å².